The van der Waals surface area contributed by atoms with Crippen LogP contribution in [0.3, 0.4) is 0 Å². The van der Waals surface area contributed by atoms with Crippen molar-refractivity contribution >= 4 is 15.9 Å². The topological polar surface area (TPSA) is 17.8 Å². The van der Waals surface area contributed by atoms with Gasteiger partial charge in [0.2, 0.25) is 5.95 Å². The van der Waals surface area contributed by atoms with Crippen LogP contribution in [0.5, 0.6) is 0 Å². The van der Waals surface area contributed by atoms with Gasteiger partial charge in [0.05, 0.1) is 11.9 Å². The SMILES string of the molecule is Fc1c(C(Br)C2CCC2)cnn1-c1ccccc1. The number of nitrogens with zero attached hydrogens (tertiary/aromatic N) is 2. The van der Waals surface area contributed by atoms with Gasteiger partial charge in [-0.25, -0.2) is 4.68 Å². The van der Waals surface area contributed by atoms with E-state index in [-0.39, 0.29) is 10.8 Å². The highest BCUT2D eigenvalue weighted by atomic mass is 79.9. The summed E-state index contributed by atoms with van der Waals surface area (Å²) in [7, 11) is 0. The summed E-state index contributed by atoms with van der Waals surface area (Å²) in [6.07, 6.45) is 5.24. The van der Waals surface area contributed by atoms with E-state index < -0.39 is 0 Å². The lowest BCUT2D eigenvalue weighted by Crippen LogP contribution is -2.17. The fourth-order valence-corrected chi connectivity index (χ4v) is 3.10. The predicted octanol–water partition coefficient (Wildman–Crippen LogP) is 4.25. The number of halogens is 2. The van der Waals surface area contributed by atoms with Crippen LogP contribution in [0.25, 0.3) is 5.69 Å². The Morgan fingerprint density at radius 2 is 2.00 bits per heavy atom. The van der Waals surface area contributed by atoms with Crippen LogP contribution >= 0.6 is 15.9 Å². The molecular weight excluding hydrogens is 295 g/mol. The van der Waals surface area contributed by atoms with Crippen LogP contribution in [0.4, 0.5) is 4.39 Å². The van der Waals surface area contributed by atoms with Crippen molar-refractivity contribution in [1.82, 2.24) is 9.78 Å². The molecule has 1 fully saturated rings. The van der Waals surface area contributed by atoms with Crippen molar-refractivity contribution in [2.24, 2.45) is 5.92 Å². The van der Waals surface area contributed by atoms with E-state index in [0.29, 0.717) is 11.5 Å². The second-order valence-corrected chi connectivity index (χ2v) is 5.72. The van der Waals surface area contributed by atoms with Crippen LogP contribution < -0.4 is 0 Å². The number of benzene rings is 1. The van der Waals surface area contributed by atoms with Crippen LogP contribution in [0.15, 0.2) is 36.5 Å². The molecule has 18 heavy (non-hydrogen) atoms. The first kappa shape index (κ1) is 11.9. The Morgan fingerprint density at radius 1 is 1.28 bits per heavy atom. The van der Waals surface area contributed by atoms with Crippen molar-refractivity contribution in [3.63, 3.8) is 0 Å². The van der Waals surface area contributed by atoms with Gasteiger partial charge in [-0.2, -0.15) is 9.49 Å². The van der Waals surface area contributed by atoms with Gasteiger partial charge < -0.3 is 0 Å². The highest BCUT2D eigenvalue weighted by molar-refractivity contribution is 9.09. The summed E-state index contributed by atoms with van der Waals surface area (Å²) in [4.78, 5) is 0.0868. The van der Waals surface area contributed by atoms with Crippen LogP contribution in [-0.4, -0.2) is 9.78 Å². The molecule has 0 radical (unpaired) electrons. The third-order valence-corrected chi connectivity index (χ3v) is 4.84. The first-order valence-corrected chi connectivity index (χ1v) is 7.12. The minimum atomic E-state index is -0.255. The van der Waals surface area contributed by atoms with Gasteiger partial charge in [-0.15, -0.1) is 0 Å². The van der Waals surface area contributed by atoms with Crippen molar-refractivity contribution < 1.29 is 4.39 Å². The molecule has 4 heteroatoms. The molecule has 0 aliphatic heterocycles. The van der Waals surface area contributed by atoms with Gasteiger partial charge in [0.15, 0.2) is 0 Å². The minimum absolute atomic E-state index is 0.0868. The van der Waals surface area contributed by atoms with E-state index in [1.165, 1.54) is 23.9 Å². The molecule has 3 rings (SSSR count). The fourth-order valence-electron chi connectivity index (χ4n) is 2.27. The summed E-state index contributed by atoms with van der Waals surface area (Å²) in [5, 5.41) is 4.16. The summed E-state index contributed by atoms with van der Waals surface area (Å²) in [6.45, 7) is 0. The Balaban J connectivity index is 1.92. The van der Waals surface area contributed by atoms with Crippen LogP contribution in [0, 0.1) is 11.9 Å². The smallest absolute Gasteiger partial charge is 0.206 e. The molecule has 1 saturated carbocycles. The molecule has 1 aromatic carbocycles. The zero-order valence-electron chi connectivity index (χ0n) is 9.89. The van der Waals surface area contributed by atoms with Gasteiger partial charge in [-0.3, -0.25) is 0 Å². The zero-order valence-corrected chi connectivity index (χ0v) is 11.5. The lowest BCUT2D eigenvalue weighted by atomic mass is 9.81. The van der Waals surface area contributed by atoms with E-state index in [0.717, 1.165) is 5.69 Å². The molecule has 1 unspecified atom stereocenters. The first-order valence-electron chi connectivity index (χ1n) is 6.20. The molecule has 1 heterocycles. The summed E-state index contributed by atoms with van der Waals surface area (Å²) in [6, 6.07) is 9.38. The van der Waals surface area contributed by atoms with Gasteiger partial charge in [-0.05, 0) is 30.9 Å². The predicted molar refractivity (Wildman–Crippen MR) is 72.5 cm³/mol. The van der Waals surface area contributed by atoms with Gasteiger partial charge in [0.25, 0.3) is 0 Å². The number of alkyl halides is 1. The van der Waals surface area contributed by atoms with Crippen molar-refractivity contribution in [1.29, 1.82) is 0 Å². The van der Waals surface area contributed by atoms with Crippen molar-refractivity contribution in [2.45, 2.75) is 24.1 Å². The maximum atomic E-state index is 14.4. The molecule has 2 aromatic rings. The van der Waals surface area contributed by atoms with Crippen LogP contribution in [-0.2, 0) is 0 Å². The highest BCUT2D eigenvalue weighted by Gasteiger charge is 2.30. The van der Waals surface area contributed by atoms with Crippen LogP contribution in [0.2, 0.25) is 0 Å². The summed E-state index contributed by atoms with van der Waals surface area (Å²) in [5.74, 6) is 0.294. The van der Waals surface area contributed by atoms with Crippen LogP contribution in [0.1, 0.15) is 29.7 Å². The van der Waals surface area contributed by atoms with E-state index >= 15 is 0 Å². The standard InChI is InChI=1S/C14H14BrFN2/c15-13(10-5-4-6-10)12-9-17-18(14(12)16)11-7-2-1-3-8-11/h1-3,7-10,13H,4-6H2. The molecule has 2 nitrogen and oxygen atoms in total. The minimum Gasteiger partial charge on any atom is -0.206 e. The average molecular weight is 309 g/mol. The lowest BCUT2D eigenvalue weighted by molar-refractivity contribution is 0.308. The second-order valence-electron chi connectivity index (χ2n) is 4.73. The molecule has 0 N–H and O–H groups in total. The largest absolute Gasteiger partial charge is 0.220 e. The van der Waals surface area contributed by atoms with Gasteiger partial charge in [-0.1, -0.05) is 40.5 Å². The molecule has 94 valence electrons. The van der Waals surface area contributed by atoms with Gasteiger partial charge >= 0.3 is 0 Å². The molecule has 0 bridgehead atoms. The Hall–Kier alpha value is -1.16. The van der Waals surface area contributed by atoms with Gasteiger partial charge in [0, 0.05) is 10.4 Å². The molecule has 1 aromatic heterocycles. The molecule has 0 spiro atoms. The van der Waals surface area contributed by atoms with E-state index in [9.17, 15) is 4.39 Å². The number of aromatic nitrogens is 2. The molecule has 0 saturated heterocycles. The van der Waals surface area contributed by atoms with Crippen molar-refractivity contribution in [3.8, 4) is 5.69 Å². The maximum Gasteiger partial charge on any atom is 0.220 e. The number of para-hydroxylation sites is 1. The zero-order chi connectivity index (χ0) is 12.5. The highest BCUT2D eigenvalue weighted by Crippen LogP contribution is 2.43. The van der Waals surface area contributed by atoms with Crippen molar-refractivity contribution in [2.75, 3.05) is 0 Å². The fraction of sp³-hybridized carbons (Fsp3) is 0.357. The first-order chi connectivity index (χ1) is 8.77. The monoisotopic (exact) mass is 308 g/mol. The molecular formula is C14H14BrFN2. The summed E-state index contributed by atoms with van der Waals surface area (Å²) in [5.41, 5.74) is 1.43. The van der Waals surface area contributed by atoms with E-state index in [1.807, 2.05) is 30.3 Å². The second kappa shape index (κ2) is 4.84. The van der Waals surface area contributed by atoms with E-state index in [4.69, 9.17) is 0 Å². The Kier molecular flexibility index (Phi) is 3.20. The van der Waals surface area contributed by atoms with Crippen molar-refractivity contribution in [3.05, 3.63) is 48.0 Å². The maximum absolute atomic E-state index is 14.4. The van der Waals surface area contributed by atoms with E-state index in [2.05, 4.69) is 21.0 Å². The quantitative estimate of drug-likeness (QED) is 0.775. The molecule has 1 atom stereocenters. The molecule has 0 amide bonds. The average Bonchev–Trinajstić information content (AvgIpc) is 2.70. The molecule has 1 aliphatic carbocycles. The summed E-state index contributed by atoms with van der Waals surface area (Å²) >= 11 is 3.61. The number of hydrogen-bond acceptors (Lipinski definition) is 1. The van der Waals surface area contributed by atoms with E-state index in [1.54, 1.807) is 6.20 Å². The molecule has 1 aliphatic rings. The lowest BCUT2D eigenvalue weighted by Gasteiger charge is -2.29. The van der Waals surface area contributed by atoms with Gasteiger partial charge in [0.1, 0.15) is 0 Å². The number of hydrogen-bond donors (Lipinski definition) is 0. The Morgan fingerprint density at radius 3 is 2.61 bits per heavy atom. The number of rotatable bonds is 3. The Bertz CT molecular complexity index is 534. The summed E-state index contributed by atoms with van der Waals surface area (Å²) < 4.78 is 15.7. The third kappa shape index (κ3) is 1.99. The Labute approximate surface area is 114 Å². The third-order valence-electron chi connectivity index (χ3n) is 3.60. The normalized spacial score (nSPS) is 17.4.